The monoisotopic (exact) mass is 257 g/mol. The predicted octanol–water partition coefficient (Wildman–Crippen LogP) is 2.01. The van der Waals surface area contributed by atoms with Crippen LogP contribution in [0.25, 0.3) is 0 Å². The number of rotatable bonds is 4. The minimum Gasteiger partial charge on any atom is -0.368 e. The molecule has 2 rings (SSSR count). The number of nitrogens with one attached hydrogen (secondary N) is 1. The van der Waals surface area contributed by atoms with Gasteiger partial charge in [0.15, 0.2) is 0 Å². The second-order valence-corrected chi connectivity index (χ2v) is 5.04. The molecule has 0 aliphatic heterocycles. The van der Waals surface area contributed by atoms with Crippen molar-refractivity contribution >= 4 is 5.91 Å². The first-order chi connectivity index (χ1) is 9.22. The van der Waals surface area contributed by atoms with Gasteiger partial charge in [0.05, 0.1) is 11.6 Å². The number of nitrogens with two attached hydrogens (primary N) is 1. The Labute approximate surface area is 113 Å². The third-order valence-corrected chi connectivity index (χ3v) is 3.68. The van der Waals surface area contributed by atoms with Gasteiger partial charge in [0.1, 0.15) is 6.04 Å². The fourth-order valence-corrected chi connectivity index (χ4v) is 2.68. The van der Waals surface area contributed by atoms with Gasteiger partial charge in [-0.05, 0) is 24.5 Å². The van der Waals surface area contributed by atoms with Crippen molar-refractivity contribution in [2.75, 3.05) is 0 Å². The molecule has 1 fully saturated rings. The van der Waals surface area contributed by atoms with Crippen molar-refractivity contribution in [1.82, 2.24) is 5.32 Å². The van der Waals surface area contributed by atoms with E-state index >= 15 is 0 Å². The van der Waals surface area contributed by atoms with Crippen molar-refractivity contribution in [2.24, 2.45) is 5.73 Å². The third kappa shape index (κ3) is 3.33. The van der Waals surface area contributed by atoms with Crippen LogP contribution in [0.1, 0.15) is 49.3 Å². The highest BCUT2D eigenvalue weighted by molar-refractivity contribution is 5.82. The molecule has 0 bridgehead atoms. The molecule has 19 heavy (non-hydrogen) atoms. The summed E-state index contributed by atoms with van der Waals surface area (Å²) in [6, 6.07) is 9.00. The van der Waals surface area contributed by atoms with E-state index in [4.69, 9.17) is 11.0 Å². The number of nitrogens with zero attached hydrogens (tertiary/aromatic N) is 1. The molecule has 3 N–H and O–H groups in total. The third-order valence-electron chi connectivity index (χ3n) is 3.68. The van der Waals surface area contributed by atoms with Gasteiger partial charge in [-0.15, -0.1) is 0 Å². The first-order valence-corrected chi connectivity index (χ1v) is 6.76. The van der Waals surface area contributed by atoms with E-state index in [1.54, 1.807) is 18.2 Å². The number of hydrogen-bond donors (Lipinski definition) is 2. The normalized spacial score (nSPS) is 17.6. The summed E-state index contributed by atoms with van der Waals surface area (Å²) in [7, 11) is 0. The van der Waals surface area contributed by atoms with Crippen molar-refractivity contribution in [2.45, 2.75) is 44.2 Å². The Kier molecular flexibility index (Phi) is 4.53. The Bertz CT molecular complexity index is 486. The highest BCUT2D eigenvalue weighted by Crippen LogP contribution is 2.23. The van der Waals surface area contributed by atoms with Crippen LogP contribution in [-0.2, 0) is 4.79 Å². The van der Waals surface area contributed by atoms with E-state index in [9.17, 15) is 4.79 Å². The van der Waals surface area contributed by atoms with Crippen LogP contribution in [0.4, 0.5) is 0 Å². The van der Waals surface area contributed by atoms with Crippen LogP contribution in [0.5, 0.6) is 0 Å². The van der Waals surface area contributed by atoms with Gasteiger partial charge in [-0.3, -0.25) is 10.1 Å². The second kappa shape index (κ2) is 6.35. The van der Waals surface area contributed by atoms with Gasteiger partial charge >= 0.3 is 0 Å². The molecule has 1 aromatic rings. The maximum Gasteiger partial charge on any atom is 0.239 e. The molecular formula is C15H19N3O. The number of benzene rings is 1. The number of amides is 1. The Morgan fingerprint density at radius 3 is 2.63 bits per heavy atom. The lowest BCUT2D eigenvalue weighted by atomic mass is 9.93. The largest absolute Gasteiger partial charge is 0.368 e. The molecule has 4 heteroatoms. The molecule has 1 aliphatic carbocycles. The van der Waals surface area contributed by atoms with Gasteiger partial charge < -0.3 is 5.73 Å². The SMILES string of the molecule is N#Cc1ccccc1C(NC1CCCCC1)C(N)=O. The Morgan fingerprint density at radius 2 is 2.00 bits per heavy atom. The Morgan fingerprint density at radius 1 is 1.32 bits per heavy atom. The van der Waals surface area contributed by atoms with Gasteiger partial charge in [0.25, 0.3) is 0 Å². The van der Waals surface area contributed by atoms with Gasteiger partial charge in [-0.1, -0.05) is 37.5 Å². The average Bonchev–Trinajstić information content (AvgIpc) is 2.45. The zero-order chi connectivity index (χ0) is 13.7. The molecule has 1 aromatic carbocycles. The summed E-state index contributed by atoms with van der Waals surface area (Å²) >= 11 is 0. The molecule has 1 aliphatic rings. The molecule has 0 aromatic heterocycles. The molecule has 0 spiro atoms. The standard InChI is InChI=1S/C15H19N3O/c16-10-11-6-4-5-9-13(11)14(15(17)19)18-12-7-2-1-3-8-12/h4-6,9,12,14,18H,1-3,7-8H2,(H2,17,19). The smallest absolute Gasteiger partial charge is 0.239 e. The van der Waals surface area contributed by atoms with Crippen LogP contribution in [0.15, 0.2) is 24.3 Å². The topological polar surface area (TPSA) is 78.9 Å². The van der Waals surface area contributed by atoms with Crippen LogP contribution in [0.3, 0.4) is 0 Å². The van der Waals surface area contributed by atoms with Crippen molar-refractivity contribution < 1.29 is 4.79 Å². The molecule has 0 saturated heterocycles. The molecule has 100 valence electrons. The Hall–Kier alpha value is -1.86. The van der Waals surface area contributed by atoms with Crippen LogP contribution in [0.2, 0.25) is 0 Å². The molecule has 1 atom stereocenters. The predicted molar refractivity (Wildman–Crippen MR) is 73.1 cm³/mol. The molecule has 0 heterocycles. The lowest BCUT2D eigenvalue weighted by Gasteiger charge is -2.27. The van der Waals surface area contributed by atoms with E-state index in [1.807, 2.05) is 6.07 Å². The van der Waals surface area contributed by atoms with Crippen molar-refractivity contribution in [3.05, 3.63) is 35.4 Å². The van der Waals surface area contributed by atoms with E-state index in [1.165, 1.54) is 19.3 Å². The van der Waals surface area contributed by atoms with E-state index in [0.717, 1.165) is 12.8 Å². The highest BCUT2D eigenvalue weighted by atomic mass is 16.1. The van der Waals surface area contributed by atoms with Gasteiger partial charge in [0.2, 0.25) is 5.91 Å². The van der Waals surface area contributed by atoms with Crippen LogP contribution in [0, 0.1) is 11.3 Å². The number of nitriles is 1. The minimum absolute atomic E-state index is 0.318. The van der Waals surface area contributed by atoms with Crippen molar-refractivity contribution in [1.29, 1.82) is 5.26 Å². The fourth-order valence-electron chi connectivity index (χ4n) is 2.68. The molecule has 0 radical (unpaired) electrons. The fraction of sp³-hybridized carbons (Fsp3) is 0.467. The summed E-state index contributed by atoms with van der Waals surface area (Å²) in [6.07, 6.45) is 5.76. The summed E-state index contributed by atoms with van der Waals surface area (Å²) in [4.78, 5) is 11.7. The summed E-state index contributed by atoms with van der Waals surface area (Å²) in [6.45, 7) is 0. The summed E-state index contributed by atoms with van der Waals surface area (Å²) in [5, 5.41) is 12.4. The summed E-state index contributed by atoms with van der Waals surface area (Å²) < 4.78 is 0. The highest BCUT2D eigenvalue weighted by Gasteiger charge is 2.24. The average molecular weight is 257 g/mol. The molecule has 1 unspecified atom stereocenters. The summed E-state index contributed by atoms with van der Waals surface area (Å²) in [5.74, 6) is -0.423. The lowest BCUT2D eigenvalue weighted by molar-refractivity contribution is -0.120. The summed E-state index contributed by atoms with van der Waals surface area (Å²) in [5.41, 5.74) is 6.69. The minimum atomic E-state index is -0.570. The molecular weight excluding hydrogens is 238 g/mol. The van der Waals surface area contributed by atoms with Crippen molar-refractivity contribution in [3.63, 3.8) is 0 Å². The number of carbonyl (C=O) groups excluding carboxylic acids is 1. The van der Waals surface area contributed by atoms with Crippen LogP contribution < -0.4 is 11.1 Å². The molecule has 1 saturated carbocycles. The molecule has 1 amide bonds. The number of primary amides is 1. The number of carbonyl (C=O) groups is 1. The van der Waals surface area contributed by atoms with Gasteiger partial charge in [-0.2, -0.15) is 5.26 Å². The van der Waals surface area contributed by atoms with Crippen LogP contribution in [-0.4, -0.2) is 11.9 Å². The Balaban J connectivity index is 2.20. The lowest BCUT2D eigenvalue weighted by Crippen LogP contribution is -2.41. The van der Waals surface area contributed by atoms with Gasteiger partial charge in [-0.25, -0.2) is 0 Å². The van der Waals surface area contributed by atoms with E-state index in [0.29, 0.717) is 17.2 Å². The van der Waals surface area contributed by atoms with E-state index in [-0.39, 0.29) is 0 Å². The van der Waals surface area contributed by atoms with E-state index in [2.05, 4.69) is 11.4 Å². The zero-order valence-electron chi connectivity index (χ0n) is 10.9. The first kappa shape index (κ1) is 13.6. The molecule has 4 nitrogen and oxygen atoms in total. The van der Waals surface area contributed by atoms with Gasteiger partial charge in [0, 0.05) is 6.04 Å². The van der Waals surface area contributed by atoms with Crippen molar-refractivity contribution in [3.8, 4) is 6.07 Å². The maximum absolute atomic E-state index is 11.7. The van der Waals surface area contributed by atoms with E-state index < -0.39 is 11.9 Å². The zero-order valence-corrected chi connectivity index (χ0v) is 10.9. The first-order valence-electron chi connectivity index (χ1n) is 6.76. The number of hydrogen-bond acceptors (Lipinski definition) is 3. The maximum atomic E-state index is 11.7. The van der Waals surface area contributed by atoms with Crippen LogP contribution >= 0.6 is 0 Å². The quantitative estimate of drug-likeness (QED) is 0.866. The second-order valence-electron chi connectivity index (χ2n) is 5.04.